The molecule has 0 bridgehead atoms. The number of benzene rings is 1. The number of carbonyl (C=O) groups is 1. The molecule has 0 spiro atoms. The van der Waals surface area contributed by atoms with Crippen molar-refractivity contribution in [3.63, 3.8) is 0 Å². The second-order valence-electron chi connectivity index (χ2n) is 4.30. The van der Waals surface area contributed by atoms with Gasteiger partial charge in [-0.3, -0.25) is 4.79 Å². The van der Waals surface area contributed by atoms with E-state index in [1.165, 1.54) is 6.08 Å². The number of hydrogen-bond acceptors (Lipinski definition) is 3. The molecule has 1 N–H and O–H groups in total. The molecule has 0 fully saturated rings. The Kier molecular flexibility index (Phi) is 5.93. The Morgan fingerprint density at radius 1 is 1.37 bits per heavy atom. The average Bonchev–Trinajstić information content (AvgIpc) is 2.37. The number of hydrogen-bond donors (Lipinski definition) is 1. The van der Waals surface area contributed by atoms with Crippen molar-refractivity contribution in [1.29, 1.82) is 0 Å². The summed E-state index contributed by atoms with van der Waals surface area (Å²) in [4.78, 5) is 11.3. The molecule has 0 aliphatic heterocycles. The summed E-state index contributed by atoms with van der Waals surface area (Å²) in [6.07, 6.45) is 3.33. The molecule has 0 aromatic heterocycles. The van der Waals surface area contributed by atoms with Crippen LogP contribution in [0, 0.1) is 0 Å². The first-order chi connectivity index (χ1) is 9.06. The molecular weight excluding hydrogens is 242 g/mol. The number of ether oxygens (including phenoxy) is 2. The highest BCUT2D eigenvalue weighted by Crippen LogP contribution is 2.29. The van der Waals surface area contributed by atoms with Gasteiger partial charge in [0.1, 0.15) is 0 Å². The summed E-state index contributed by atoms with van der Waals surface area (Å²) in [5.41, 5.74) is 0.888. The predicted octanol–water partition coefficient (Wildman–Crippen LogP) is 2.63. The van der Waals surface area contributed by atoms with Crippen LogP contribution in [0.4, 0.5) is 0 Å². The maximum absolute atomic E-state index is 11.3. The Labute approximate surface area is 114 Å². The third-order valence-corrected chi connectivity index (χ3v) is 2.33. The summed E-state index contributed by atoms with van der Waals surface area (Å²) in [6, 6.07) is 5.57. The van der Waals surface area contributed by atoms with Crippen LogP contribution >= 0.6 is 0 Å². The largest absolute Gasteiger partial charge is 0.493 e. The van der Waals surface area contributed by atoms with Crippen LogP contribution in [-0.2, 0) is 4.79 Å². The molecule has 1 aromatic rings. The Morgan fingerprint density at radius 3 is 2.68 bits per heavy atom. The van der Waals surface area contributed by atoms with E-state index in [0.29, 0.717) is 18.0 Å². The quantitative estimate of drug-likeness (QED) is 0.803. The van der Waals surface area contributed by atoms with Gasteiger partial charge in [-0.2, -0.15) is 0 Å². The second-order valence-corrected chi connectivity index (χ2v) is 4.30. The molecule has 0 unspecified atom stereocenters. The van der Waals surface area contributed by atoms with Crippen molar-refractivity contribution in [3.8, 4) is 11.5 Å². The van der Waals surface area contributed by atoms with Crippen molar-refractivity contribution >= 4 is 12.0 Å². The van der Waals surface area contributed by atoms with E-state index >= 15 is 0 Å². The van der Waals surface area contributed by atoms with Crippen molar-refractivity contribution in [1.82, 2.24) is 5.32 Å². The van der Waals surface area contributed by atoms with E-state index in [1.807, 2.05) is 39.0 Å². The second kappa shape index (κ2) is 7.46. The van der Waals surface area contributed by atoms with E-state index in [9.17, 15) is 4.79 Å². The van der Waals surface area contributed by atoms with E-state index in [2.05, 4.69) is 5.32 Å². The first-order valence-corrected chi connectivity index (χ1v) is 6.37. The van der Waals surface area contributed by atoms with Crippen molar-refractivity contribution < 1.29 is 14.3 Å². The van der Waals surface area contributed by atoms with Crippen LogP contribution in [0.15, 0.2) is 24.3 Å². The summed E-state index contributed by atoms with van der Waals surface area (Å²) < 4.78 is 10.9. The minimum Gasteiger partial charge on any atom is -0.493 e. The Morgan fingerprint density at radius 2 is 2.11 bits per heavy atom. The first-order valence-electron chi connectivity index (χ1n) is 6.37. The lowest BCUT2D eigenvalue weighted by Crippen LogP contribution is -2.19. The Hall–Kier alpha value is -1.97. The lowest BCUT2D eigenvalue weighted by Gasteiger charge is -2.13. The smallest absolute Gasteiger partial charge is 0.243 e. The maximum atomic E-state index is 11.3. The minimum atomic E-state index is -0.107. The lowest BCUT2D eigenvalue weighted by molar-refractivity contribution is -0.116. The van der Waals surface area contributed by atoms with Gasteiger partial charge < -0.3 is 14.8 Å². The van der Waals surface area contributed by atoms with Gasteiger partial charge in [-0.25, -0.2) is 0 Å². The van der Waals surface area contributed by atoms with Crippen molar-refractivity contribution in [3.05, 3.63) is 29.8 Å². The third-order valence-electron chi connectivity index (χ3n) is 2.33. The number of carbonyl (C=O) groups excluding carboxylic acids is 1. The maximum Gasteiger partial charge on any atom is 0.243 e. The fourth-order valence-electron chi connectivity index (χ4n) is 1.54. The SMILES string of the molecule is CCNC(=O)C=Cc1ccc(OC(C)C)c(OC)c1. The van der Waals surface area contributed by atoms with Crippen LogP contribution in [0.2, 0.25) is 0 Å². The van der Waals surface area contributed by atoms with E-state index in [1.54, 1.807) is 13.2 Å². The number of likely N-dealkylation sites (N-methyl/N-ethyl adjacent to an activating group) is 1. The molecule has 0 atom stereocenters. The van der Waals surface area contributed by atoms with Crippen molar-refractivity contribution in [2.75, 3.05) is 13.7 Å². The number of amides is 1. The lowest BCUT2D eigenvalue weighted by atomic mass is 10.2. The standard InChI is InChI=1S/C15H21NO3/c1-5-16-15(17)9-7-12-6-8-13(19-11(2)3)14(10-12)18-4/h6-11H,5H2,1-4H3,(H,16,17). The number of rotatable bonds is 6. The van der Waals surface area contributed by atoms with Crippen LogP contribution in [0.5, 0.6) is 11.5 Å². The molecule has 1 rings (SSSR count). The van der Waals surface area contributed by atoms with Gasteiger partial charge in [-0.1, -0.05) is 6.07 Å². The third kappa shape index (κ3) is 5.04. The van der Waals surface area contributed by atoms with Gasteiger partial charge in [-0.05, 0) is 44.5 Å². The van der Waals surface area contributed by atoms with Crippen LogP contribution in [0.25, 0.3) is 6.08 Å². The molecule has 0 heterocycles. The summed E-state index contributed by atoms with van der Waals surface area (Å²) in [6.45, 7) is 6.42. The normalized spacial score (nSPS) is 10.8. The molecular formula is C15H21NO3. The van der Waals surface area contributed by atoms with Gasteiger partial charge in [-0.15, -0.1) is 0 Å². The Balaban J connectivity index is 2.84. The number of methoxy groups -OCH3 is 1. The highest BCUT2D eigenvalue weighted by atomic mass is 16.5. The summed E-state index contributed by atoms with van der Waals surface area (Å²) in [7, 11) is 1.60. The summed E-state index contributed by atoms with van der Waals surface area (Å²) >= 11 is 0. The summed E-state index contributed by atoms with van der Waals surface area (Å²) in [5, 5.41) is 2.70. The van der Waals surface area contributed by atoms with Crippen LogP contribution in [0.3, 0.4) is 0 Å². The van der Waals surface area contributed by atoms with E-state index in [-0.39, 0.29) is 12.0 Å². The van der Waals surface area contributed by atoms with Gasteiger partial charge in [0.25, 0.3) is 0 Å². The molecule has 0 saturated carbocycles. The first kappa shape index (κ1) is 15.1. The molecule has 104 valence electrons. The predicted molar refractivity (Wildman–Crippen MR) is 76.5 cm³/mol. The van der Waals surface area contributed by atoms with Crippen LogP contribution < -0.4 is 14.8 Å². The molecule has 0 aliphatic carbocycles. The van der Waals surface area contributed by atoms with Gasteiger partial charge in [0.2, 0.25) is 5.91 Å². The average molecular weight is 263 g/mol. The van der Waals surface area contributed by atoms with E-state index in [0.717, 1.165) is 5.56 Å². The van der Waals surface area contributed by atoms with E-state index < -0.39 is 0 Å². The zero-order chi connectivity index (χ0) is 14.3. The van der Waals surface area contributed by atoms with Gasteiger partial charge in [0.15, 0.2) is 11.5 Å². The van der Waals surface area contributed by atoms with Gasteiger partial charge in [0.05, 0.1) is 13.2 Å². The van der Waals surface area contributed by atoms with Crippen molar-refractivity contribution in [2.45, 2.75) is 26.9 Å². The molecule has 4 heteroatoms. The fraction of sp³-hybridized carbons (Fsp3) is 0.400. The zero-order valence-corrected chi connectivity index (χ0v) is 11.9. The zero-order valence-electron chi connectivity index (χ0n) is 11.9. The number of nitrogens with one attached hydrogen (secondary N) is 1. The monoisotopic (exact) mass is 263 g/mol. The fourth-order valence-corrected chi connectivity index (χ4v) is 1.54. The molecule has 19 heavy (non-hydrogen) atoms. The van der Waals surface area contributed by atoms with Crippen LogP contribution in [0.1, 0.15) is 26.3 Å². The van der Waals surface area contributed by atoms with Crippen molar-refractivity contribution in [2.24, 2.45) is 0 Å². The molecule has 1 aromatic carbocycles. The van der Waals surface area contributed by atoms with Crippen LogP contribution in [-0.4, -0.2) is 25.7 Å². The topological polar surface area (TPSA) is 47.6 Å². The molecule has 1 amide bonds. The Bertz CT molecular complexity index is 453. The highest BCUT2D eigenvalue weighted by molar-refractivity contribution is 5.91. The molecule has 4 nitrogen and oxygen atoms in total. The molecule has 0 aliphatic rings. The van der Waals surface area contributed by atoms with Gasteiger partial charge in [0, 0.05) is 12.6 Å². The van der Waals surface area contributed by atoms with Gasteiger partial charge >= 0.3 is 0 Å². The molecule has 0 radical (unpaired) electrons. The summed E-state index contributed by atoms with van der Waals surface area (Å²) in [5.74, 6) is 1.25. The van der Waals surface area contributed by atoms with E-state index in [4.69, 9.17) is 9.47 Å². The highest BCUT2D eigenvalue weighted by Gasteiger charge is 2.06. The molecule has 0 saturated heterocycles. The minimum absolute atomic E-state index is 0.0885.